The molecule has 0 aliphatic rings. The van der Waals surface area contributed by atoms with Crippen LogP contribution in [0.25, 0.3) is 0 Å². The maximum atomic E-state index is 10.9. The van der Waals surface area contributed by atoms with Crippen LogP contribution in [0.2, 0.25) is 0 Å². The van der Waals surface area contributed by atoms with E-state index in [0.29, 0.717) is 13.0 Å². The van der Waals surface area contributed by atoms with Crippen molar-refractivity contribution in [1.29, 1.82) is 0 Å². The number of carbonyl (C=O) groups is 2. The molecule has 0 aromatic rings. The van der Waals surface area contributed by atoms with Crippen molar-refractivity contribution < 1.29 is 19.8 Å². The fraction of sp³-hybridized carbons (Fsp3) is 0.714. The van der Waals surface area contributed by atoms with Crippen LogP contribution >= 0.6 is 0 Å². The molecule has 5 N–H and O–H groups in total. The standard InChI is InChI=1S/C7H14N2O4/c8-3-1-2-6(11)9-4-5(10)7(12)13/h5,10H,1-4,8H2,(H,9,11)(H,12,13). The Balaban J connectivity index is 3.52. The number of hydrogen-bond acceptors (Lipinski definition) is 4. The van der Waals surface area contributed by atoms with Crippen LogP contribution in [0.1, 0.15) is 12.8 Å². The minimum absolute atomic E-state index is 0.253. The number of carboxylic acids is 1. The van der Waals surface area contributed by atoms with Gasteiger partial charge >= 0.3 is 5.97 Å². The minimum atomic E-state index is -1.54. The van der Waals surface area contributed by atoms with Gasteiger partial charge in [0.25, 0.3) is 0 Å². The molecule has 0 aromatic heterocycles. The number of nitrogens with two attached hydrogens (primary N) is 1. The van der Waals surface area contributed by atoms with Gasteiger partial charge in [-0.1, -0.05) is 0 Å². The molecule has 1 atom stereocenters. The van der Waals surface area contributed by atoms with E-state index in [0.717, 1.165) is 0 Å². The average molecular weight is 190 g/mol. The lowest BCUT2D eigenvalue weighted by atomic mass is 10.3. The molecule has 0 saturated carbocycles. The Labute approximate surface area is 75.7 Å². The average Bonchev–Trinajstić information content (AvgIpc) is 2.10. The van der Waals surface area contributed by atoms with Crippen LogP contribution < -0.4 is 11.1 Å². The van der Waals surface area contributed by atoms with Crippen LogP contribution in [-0.2, 0) is 9.59 Å². The van der Waals surface area contributed by atoms with Crippen molar-refractivity contribution in [2.45, 2.75) is 18.9 Å². The number of aliphatic carboxylic acids is 1. The number of amides is 1. The Morgan fingerprint density at radius 2 is 2.08 bits per heavy atom. The molecule has 6 heteroatoms. The van der Waals surface area contributed by atoms with Crippen molar-refractivity contribution >= 4 is 11.9 Å². The van der Waals surface area contributed by atoms with Crippen molar-refractivity contribution in [3.05, 3.63) is 0 Å². The Bertz CT molecular complexity index is 183. The lowest BCUT2D eigenvalue weighted by molar-refractivity contribution is -0.146. The number of rotatable bonds is 6. The van der Waals surface area contributed by atoms with E-state index in [1.807, 2.05) is 0 Å². The van der Waals surface area contributed by atoms with E-state index in [-0.39, 0.29) is 18.9 Å². The summed E-state index contributed by atoms with van der Waals surface area (Å²) in [6.07, 6.45) is -0.737. The first-order valence-electron chi connectivity index (χ1n) is 3.95. The molecule has 0 radical (unpaired) electrons. The van der Waals surface area contributed by atoms with E-state index in [2.05, 4.69) is 5.32 Å². The first kappa shape index (κ1) is 11.9. The summed E-state index contributed by atoms with van der Waals surface area (Å²) in [6.45, 7) is 0.146. The van der Waals surface area contributed by atoms with Gasteiger partial charge in [-0.05, 0) is 13.0 Å². The van der Waals surface area contributed by atoms with E-state index in [1.54, 1.807) is 0 Å². The summed E-state index contributed by atoms with van der Waals surface area (Å²) in [5, 5.41) is 19.3. The van der Waals surface area contributed by atoms with Crippen molar-refractivity contribution in [2.75, 3.05) is 13.1 Å². The Kier molecular flexibility index (Phi) is 5.82. The first-order valence-corrected chi connectivity index (χ1v) is 3.95. The zero-order valence-electron chi connectivity index (χ0n) is 7.19. The number of aliphatic hydroxyl groups is 1. The van der Waals surface area contributed by atoms with Crippen molar-refractivity contribution in [2.24, 2.45) is 5.73 Å². The van der Waals surface area contributed by atoms with Crippen LogP contribution in [0.3, 0.4) is 0 Å². The highest BCUT2D eigenvalue weighted by Gasteiger charge is 2.13. The molecule has 0 spiro atoms. The second-order valence-corrected chi connectivity index (χ2v) is 2.55. The highest BCUT2D eigenvalue weighted by atomic mass is 16.4. The molecule has 1 amide bonds. The van der Waals surface area contributed by atoms with Crippen LogP contribution in [0.5, 0.6) is 0 Å². The van der Waals surface area contributed by atoms with E-state index >= 15 is 0 Å². The largest absolute Gasteiger partial charge is 0.479 e. The summed E-state index contributed by atoms with van der Waals surface area (Å²) in [4.78, 5) is 21.0. The maximum Gasteiger partial charge on any atom is 0.334 e. The molecule has 0 bridgehead atoms. The quantitative estimate of drug-likeness (QED) is 0.398. The van der Waals surface area contributed by atoms with Crippen molar-refractivity contribution in [3.63, 3.8) is 0 Å². The lowest BCUT2D eigenvalue weighted by Gasteiger charge is -2.06. The predicted octanol–water partition coefficient (Wildman–Crippen LogP) is -1.71. The molecule has 6 nitrogen and oxygen atoms in total. The summed E-state index contributed by atoms with van der Waals surface area (Å²) in [5.74, 6) is -1.65. The Morgan fingerprint density at radius 1 is 1.46 bits per heavy atom. The molecule has 0 rings (SSSR count). The summed E-state index contributed by atoms with van der Waals surface area (Å²) < 4.78 is 0. The zero-order chi connectivity index (χ0) is 10.3. The second kappa shape index (κ2) is 6.38. The first-order chi connectivity index (χ1) is 6.07. The number of hydrogen-bond donors (Lipinski definition) is 4. The van der Waals surface area contributed by atoms with Crippen molar-refractivity contribution in [1.82, 2.24) is 5.32 Å². The van der Waals surface area contributed by atoms with E-state index < -0.39 is 12.1 Å². The zero-order valence-corrected chi connectivity index (χ0v) is 7.19. The number of nitrogens with one attached hydrogen (secondary N) is 1. The van der Waals surface area contributed by atoms with Gasteiger partial charge in [0.05, 0.1) is 6.54 Å². The molecule has 76 valence electrons. The molecule has 0 heterocycles. The summed E-state index contributed by atoms with van der Waals surface area (Å²) in [6, 6.07) is 0. The Morgan fingerprint density at radius 3 is 2.54 bits per heavy atom. The number of carbonyl (C=O) groups excluding carboxylic acids is 1. The van der Waals surface area contributed by atoms with Gasteiger partial charge in [0.2, 0.25) is 5.91 Å². The topological polar surface area (TPSA) is 113 Å². The highest BCUT2D eigenvalue weighted by Crippen LogP contribution is 1.86. The summed E-state index contributed by atoms with van der Waals surface area (Å²) in [7, 11) is 0. The van der Waals surface area contributed by atoms with Crippen LogP contribution in [0.4, 0.5) is 0 Å². The van der Waals surface area contributed by atoms with Gasteiger partial charge in [-0.2, -0.15) is 0 Å². The molecule has 0 aliphatic carbocycles. The number of aliphatic hydroxyl groups excluding tert-OH is 1. The van der Waals surface area contributed by atoms with Crippen LogP contribution in [0.15, 0.2) is 0 Å². The molecule has 0 fully saturated rings. The van der Waals surface area contributed by atoms with E-state index in [9.17, 15) is 9.59 Å². The van der Waals surface area contributed by atoms with Gasteiger partial charge in [0.1, 0.15) is 0 Å². The van der Waals surface area contributed by atoms with Crippen molar-refractivity contribution in [3.8, 4) is 0 Å². The SMILES string of the molecule is NCCCC(=O)NCC(O)C(=O)O. The summed E-state index contributed by atoms with van der Waals surface area (Å²) in [5.41, 5.74) is 5.16. The fourth-order valence-corrected chi connectivity index (χ4v) is 0.649. The molecule has 1 unspecified atom stereocenters. The highest BCUT2D eigenvalue weighted by molar-refractivity contribution is 5.77. The van der Waals surface area contributed by atoms with Gasteiger partial charge in [0, 0.05) is 6.42 Å². The third-order valence-corrected chi connectivity index (χ3v) is 1.39. The molecule has 13 heavy (non-hydrogen) atoms. The second-order valence-electron chi connectivity index (χ2n) is 2.55. The summed E-state index contributed by atoms with van der Waals surface area (Å²) >= 11 is 0. The maximum absolute atomic E-state index is 10.9. The smallest absolute Gasteiger partial charge is 0.334 e. The van der Waals surface area contributed by atoms with Crippen LogP contribution in [-0.4, -0.2) is 41.3 Å². The molecule has 0 aromatic carbocycles. The monoisotopic (exact) mass is 190 g/mol. The van der Waals surface area contributed by atoms with Gasteiger partial charge in [-0.3, -0.25) is 4.79 Å². The Hall–Kier alpha value is -1.14. The van der Waals surface area contributed by atoms with Gasteiger partial charge in [-0.25, -0.2) is 4.79 Å². The minimum Gasteiger partial charge on any atom is -0.479 e. The normalized spacial score (nSPS) is 12.2. The predicted molar refractivity (Wildman–Crippen MR) is 44.9 cm³/mol. The van der Waals surface area contributed by atoms with Gasteiger partial charge < -0.3 is 21.3 Å². The third-order valence-electron chi connectivity index (χ3n) is 1.39. The molecular formula is C7H14N2O4. The molecule has 0 aliphatic heterocycles. The van der Waals surface area contributed by atoms with Gasteiger partial charge in [-0.15, -0.1) is 0 Å². The molecule has 0 saturated heterocycles. The van der Waals surface area contributed by atoms with E-state index in [4.69, 9.17) is 15.9 Å². The molecular weight excluding hydrogens is 176 g/mol. The third kappa shape index (κ3) is 6.06. The lowest BCUT2D eigenvalue weighted by Crippen LogP contribution is -2.36. The van der Waals surface area contributed by atoms with Gasteiger partial charge in [0.15, 0.2) is 6.10 Å². The van der Waals surface area contributed by atoms with Crippen LogP contribution in [0, 0.1) is 0 Å². The number of carboxylic acid groups (broad SMARTS) is 1. The van der Waals surface area contributed by atoms with E-state index in [1.165, 1.54) is 0 Å². The fourth-order valence-electron chi connectivity index (χ4n) is 0.649.